The standard InChI is InChI=1S/C67H40BN9O10/c1-39-32-58(74(80)81)64(59(33-39)75(82)83)68(65-60(76(84)85)37-45(73(78)79)38-61(65)77(86)87)40-34-43(69-54-26-14-10-22-50(54)62-56(69)30-28-48-46-20-8-12-24-52(46)71(66(48)62)41-16-4-2-5-17-41)36-44(35-40)70-55-27-15-11-23-51(55)63-57(70)31-29-49-47-21-9-13-25-53(47)72(67(49)63)42-18-6-3-7-19-42/h2-38H,1H3. The molecule has 20 heteroatoms. The molecule has 0 radical (unpaired) electrons. The highest BCUT2D eigenvalue weighted by Crippen LogP contribution is 2.45. The largest absolute Gasteiger partial charge is 0.309 e. The zero-order chi connectivity index (χ0) is 59.7. The Hall–Kier alpha value is -12.3. The Morgan fingerprint density at radius 1 is 0.310 bits per heavy atom. The van der Waals surface area contributed by atoms with Crippen LogP contribution in [0.15, 0.2) is 224 Å². The van der Waals surface area contributed by atoms with Crippen LogP contribution in [0.4, 0.5) is 28.4 Å². The second-order valence-corrected chi connectivity index (χ2v) is 21.4. The van der Waals surface area contributed by atoms with Crippen LogP contribution in [-0.2, 0) is 0 Å². The first-order valence-electron chi connectivity index (χ1n) is 27.5. The summed E-state index contributed by atoms with van der Waals surface area (Å²) in [6.45, 7) is -0.714. The first-order chi connectivity index (χ1) is 42.3. The number of aromatic nitrogens is 4. The quantitative estimate of drug-likeness (QED) is 0.0637. The van der Waals surface area contributed by atoms with Crippen LogP contribution in [0, 0.1) is 57.5 Å². The molecule has 0 saturated carbocycles. The number of fused-ring (bicyclic) bond motifs is 14. The van der Waals surface area contributed by atoms with Crippen LogP contribution in [0.3, 0.4) is 0 Å². The molecule has 19 nitrogen and oxygen atoms in total. The number of benzene rings is 11. The van der Waals surface area contributed by atoms with Gasteiger partial charge in [0.05, 0.1) is 91.8 Å². The van der Waals surface area contributed by atoms with Gasteiger partial charge in [-0.25, -0.2) is 0 Å². The van der Waals surface area contributed by atoms with Gasteiger partial charge in [-0.2, -0.15) is 0 Å². The molecule has 15 rings (SSSR count). The molecule has 15 aromatic rings. The molecule has 4 aromatic heterocycles. The van der Waals surface area contributed by atoms with Crippen molar-refractivity contribution in [3.05, 3.63) is 281 Å². The van der Waals surface area contributed by atoms with E-state index in [2.05, 4.69) is 33.4 Å². The number of para-hydroxylation sites is 6. The van der Waals surface area contributed by atoms with Gasteiger partial charge in [0.1, 0.15) is 0 Å². The van der Waals surface area contributed by atoms with Crippen molar-refractivity contribution in [3.8, 4) is 22.7 Å². The molecular formula is C67H40BN9O10. The molecule has 0 saturated heterocycles. The van der Waals surface area contributed by atoms with E-state index in [4.69, 9.17) is 0 Å². The predicted molar refractivity (Wildman–Crippen MR) is 339 cm³/mol. The smallest absolute Gasteiger partial charge is 0.283 e. The molecule has 0 spiro atoms. The summed E-state index contributed by atoms with van der Waals surface area (Å²) >= 11 is 0. The van der Waals surface area contributed by atoms with Gasteiger partial charge in [-0.1, -0.05) is 127 Å². The van der Waals surface area contributed by atoms with Gasteiger partial charge in [0.25, 0.3) is 35.1 Å². The molecule has 11 aromatic carbocycles. The molecule has 0 atom stereocenters. The van der Waals surface area contributed by atoms with Gasteiger partial charge in [-0.05, 0) is 91.3 Å². The van der Waals surface area contributed by atoms with E-state index < -0.39 is 70.7 Å². The molecule has 0 aliphatic heterocycles. The number of hydrogen-bond acceptors (Lipinski definition) is 10. The first-order valence-corrected chi connectivity index (χ1v) is 27.5. The average molecular weight is 1140 g/mol. The summed E-state index contributed by atoms with van der Waals surface area (Å²) in [5, 5.41) is 74.1. The molecular weight excluding hydrogens is 1100 g/mol. The summed E-state index contributed by atoms with van der Waals surface area (Å²) in [4.78, 5) is 62.1. The molecule has 0 aliphatic carbocycles. The third-order valence-electron chi connectivity index (χ3n) is 16.7. The zero-order valence-corrected chi connectivity index (χ0v) is 45.5. The van der Waals surface area contributed by atoms with Crippen molar-refractivity contribution in [2.75, 3.05) is 0 Å². The van der Waals surface area contributed by atoms with Crippen molar-refractivity contribution >= 4 is 139 Å². The number of nitrogens with zero attached hydrogens (tertiary/aromatic N) is 9. The molecule has 4 heterocycles. The molecule has 87 heavy (non-hydrogen) atoms. The lowest BCUT2D eigenvalue weighted by Crippen LogP contribution is -2.55. The van der Waals surface area contributed by atoms with E-state index in [1.807, 2.05) is 173 Å². The first kappa shape index (κ1) is 51.6. The van der Waals surface area contributed by atoms with Crippen molar-refractivity contribution in [1.82, 2.24) is 18.3 Å². The maximum absolute atomic E-state index is 13.6. The number of rotatable bonds is 12. The Kier molecular flexibility index (Phi) is 11.5. The summed E-state index contributed by atoms with van der Waals surface area (Å²) in [6.07, 6.45) is 0. The van der Waals surface area contributed by atoms with Gasteiger partial charge in [-0.3, -0.25) is 50.6 Å². The Labute approximate surface area is 489 Å². The van der Waals surface area contributed by atoms with Crippen molar-refractivity contribution in [2.24, 2.45) is 0 Å². The van der Waals surface area contributed by atoms with Crippen molar-refractivity contribution in [1.29, 1.82) is 0 Å². The van der Waals surface area contributed by atoms with E-state index in [0.717, 1.165) is 88.7 Å². The van der Waals surface area contributed by atoms with E-state index in [-0.39, 0.29) is 11.0 Å². The van der Waals surface area contributed by atoms with Gasteiger partial charge < -0.3 is 18.3 Å². The highest BCUT2D eigenvalue weighted by Gasteiger charge is 2.46. The number of aryl methyl sites for hydroxylation is 1. The topological polar surface area (TPSA) is 235 Å². The minimum absolute atomic E-state index is 0.0760. The Balaban J connectivity index is 1.15. The van der Waals surface area contributed by atoms with Crippen LogP contribution in [0.1, 0.15) is 5.56 Å². The second-order valence-electron chi connectivity index (χ2n) is 21.4. The minimum atomic E-state index is -2.12. The molecule has 0 unspecified atom stereocenters. The van der Waals surface area contributed by atoms with E-state index in [1.54, 1.807) is 12.1 Å². The van der Waals surface area contributed by atoms with Crippen molar-refractivity contribution in [3.63, 3.8) is 0 Å². The third-order valence-corrected chi connectivity index (χ3v) is 16.7. The SMILES string of the molecule is Cc1cc([N+](=O)[O-])c(B(c2cc(-n3c4ccccc4c4c3ccc3c5ccccc5n(-c5ccccc5)c34)cc(-n3c4ccccc4c4c3ccc3c5ccccc5n(-c5ccccc5)c34)c2)c2c([N+](=O)[O-])cc([N+](=O)[O-])cc2[N+](=O)[O-])c([N+](=O)[O-])c1. The Morgan fingerprint density at radius 2 is 0.655 bits per heavy atom. The fourth-order valence-electron chi connectivity index (χ4n) is 13.5. The lowest BCUT2D eigenvalue weighted by atomic mass is 9.35. The van der Waals surface area contributed by atoms with Gasteiger partial charge >= 0.3 is 0 Å². The van der Waals surface area contributed by atoms with Crippen molar-refractivity contribution in [2.45, 2.75) is 6.92 Å². The summed E-state index contributed by atoms with van der Waals surface area (Å²) in [5.41, 5.74) is 2.02. The number of hydrogen-bond donors (Lipinski definition) is 0. The molecule has 0 bridgehead atoms. The van der Waals surface area contributed by atoms with Gasteiger partial charge in [0.15, 0.2) is 0 Å². The summed E-state index contributed by atoms with van der Waals surface area (Å²) < 4.78 is 8.38. The van der Waals surface area contributed by atoms with Crippen LogP contribution < -0.4 is 16.4 Å². The van der Waals surface area contributed by atoms with E-state index in [9.17, 15) is 50.6 Å². The minimum Gasteiger partial charge on any atom is -0.309 e. The summed E-state index contributed by atoms with van der Waals surface area (Å²) in [6, 6.07) is 67.8. The Bertz CT molecular complexity index is 5240. The van der Waals surface area contributed by atoms with Crippen LogP contribution in [0.5, 0.6) is 0 Å². The van der Waals surface area contributed by atoms with Crippen LogP contribution >= 0.6 is 0 Å². The fourth-order valence-corrected chi connectivity index (χ4v) is 13.5. The number of non-ortho nitro benzene ring substituents is 1. The van der Waals surface area contributed by atoms with E-state index in [0.29, 0.717) is 45.6 Å². The lowest BCUT2D eigenvalue weighted by molar-refractivity contribution is -0.401. The Morgan fingerprint density at radius 3 is 1.03 bits per heavy atom. The fraction of sp³-hybridized carbons (Fsp3) is 0.0149. The van der Waals surface area contributed by atoms with Crippen LogP contribution in [0.25, 0.3) is 110 Å². The van der Waals surface area contributed by atoms with Crippen LogP contribution in [-0.4, -0.2) is 49.6 Å². The maximum atomic E-state index is 13.6. The van der Waals surface area contributed by atoms with Gasteiger partial charge in [-0.15, -0.1) is 0 Å². The number of nitro benzene ring substituents is 5. The molecule has 0 amide bonds. The van der Waals surface area contributed by atoms with E-state index in [1.165, 1.54) is 6.92 Å². The predicted octanol–water partition coefficient (Wildman–Crippen LogP) is 14.4. The van der Waals surface area contributed by atoms with Gasteiger partial charge in [0, 0.05) is 78.0 Å². The van der Waals surface area contributed by atoms with Gasteiger partial charge in [0.2, 0.25) is 0 Å². The van der Waals surface area contributed by atoms with E-state index >= 15 is 0 Å². The highest BCUT2D eigenvalue weighted by molar-refractivity contribution is 6.98. The molecule has 0 aliphatic rings. The average Bonchev–Trinajstić information content (AvgIpc) is 2.08. The third kappa shape index (κ3) is 7.70. The van der Waals surface area contributed by atoms with Crippen LogP contribution in [0.2, 0.25) is 0 Å². The summed E-state index contributed by atoms with van der Waals surface area (Å²) in [7, 11) is 0. The monoisotopic (exact) mass is 1140 g/mol. The zero-order valence-electron chi connectivity index (χ0n) is 45.5. The second kappa shape index (κ2) is 19.4. The maximum Gasteiger partial charge on any atom is 0.283 e. The lowest BCUT2D eigenvalue weighted by Gasteiger charge is -2.20. The van der Waals surface area contributed by atoms with Crippen molar-refractivity contribution < 1.29 is 24.6 Å². The highest BCUT2D eigenvalue weighted by atomic mass is 16.6. The molecule has 0 N–H and O–H groups in total. The molecule has 416 valence electrons. The normalized spacial score (nSPS) is 11.7. The summed E-state index contributed by atoms with van der Waals surface area (Å²) in [5.74, 6) is 0. The molecule has 0 fully saturated rings. The number of nitro groups is 5.